The summed E-state index contributed by atoms with van der Waals surface area (Å²) in [6, 6.07) is 0. The van der Waals surface area contributed by atoms with Gasteiger partial charge < -0.3 is 5.32 Å². The van der Waals surface area contributed by atoms with Gasteiger partial charge in [-0.3, -0.25) is 4.79 Å². The number of carbonyl (C=O) groups excluding carboxylic acids is 1. The summed E-state index contributed by atoms with van der Waals surface area (Å²) in [6.07, 6.45) is 5.61. The van der Waals surface area contributed by atoms with Crippen molar-refractivity contribution in [1.82, 2.24) is 14.9 Å². The van der Waals surface area contributed by atoms with Crippen LogP contribution in [-0.4, -0.2) is 27.9 Å². The molecule has 0 aromatic carbocycles. The molecule has 1 aromatic rings. The van der Waals surface area contributed by atoms with Gasteiger partial charge in [-0.15, -0.1) is 16.7 Å². The molecule has 0 spiro atoms. The predicted octanol–water partition coefficient (Wildman–Crippen LogP) is 2.88. The molecule has 2 unspecified atom stereocenters. The molecule has 1 amide bonds. The molecule has 0 bridgehead atoms. The number of carbonyl (C=O) groups is 1. The number of halogens is 1. The molecular formula is C13H20ClN3OS. The van der Waals surface area contributed by atoms with Gasteiger partial charge in [0.05, 0.1) is 5.69 Å². The first-order valence-electron chi connectivity index (χ1n) is 6.91. The monoisotopic (exact) mass is 301 g/mol. The summed E-state index contributed by atoms with van der Waals surface area (Å²) in [5.41, 5.74) is 0.792. The number of alkyl halides is 1. The van der Waals surface area contributed by atoms with Crippen molar-refractivity contribution in [2.75, 3.05) is 12.4 Å². The van der Waals surface area contributed by atoms with Crippen LogP contribution in [0.1, 0.15) is 48.0 Å². The van der Waals surface area contributed by atoms with Crippen molar-refractivity contribution >= 4 is 29.0 Å². The lowest BCUT2D eigenvalue weighted by Crippen LogP contribution is -2.34. The van der Waals surface area contributed by atoms with Gasteiger partial charge in [0.25, 0.3) is 5.91 Å². The Hall–Kier alpha value is -0.680. The van der Waals surface area contributed by atoms with Crippen LogP contribution >= 0.6 is 23.1 Å². The lowest BCUT2D eigenvalue weighted by molar-refractivity contribution is 0.0939. The van der Waals surface area contributed by atoms with E-state index in [1.165, 1.54) is 37.2 Å². The van der Waals surface area contributed by atoms with Crippen LogP contribution in [0.2, 0.25) is 0 Å². The topological polar surface area (TPSA) is 54.9 Å². The van der Waals surface area contributed by atoms with E-state index in [0.717, 1.165) is 18.7 Å². The van der Waals surface area contributed by atoms with E-state index >= 15 is 0 Å². The molecule has 1 aliphatic rings. The lowest BCUT2D eigenvalue weighted by Gasteiger charge is -2.30. The van der Waals surface area contributed by atoms with Gasteiger partial charge in [-0.25, -0.2) is 0 Å². The first-order valence-corrected chi connectivity index (χ1v) is 8.22. The molecule has 1 fully saturated rings. The number of amides is 1. The van der Waals surface area contributed by atoms with E-state index in [1.54, 1.807) is 0 Å². The zero-order valence-corrected chi connectivity index (χ0v) is 12.8. The minimum absolute atomic E-state index is 0.0363. The SMILES string of the molecule is CCc1nnsc1C(=O)NCC1CCCCC1CCl. The van der Waals surface area contributed by atoms with Crippen molar-refractivity contribution < 1.29 is 4.79 Å². The van der Waals surface area contributed by atoms with Gasteiger partial charge in [-0.05, 0) is 42.6 Å². The van der Waals surface area contributed by atoms with Gasteiger partial charge in [0.2, 0.25) is 0 Å². The van der Waals surface area contributed by atoms with E-state index in [4.69, 9.17) is 11.6 Å². The second-order valence-electron chi connectivity index (χ2n) is 5.07. The van der Waals surface area contributed by atoms with Gasteiger partial charge in [-0.2, -0.15) is 0 Å². The number of rotatable bonds is 5. The van der Waals surface area contributed by atoms with Crippen molar-refractivity contribution in [2.24, 2.45) is 11.8 Å². The highest BCUT2D eigenvalue weighted by Gasteiger charge is 2.25. The maximum Gasteiger partial charge on any atom is 0.264 e. The van der Waals surface area contributed by atoms with Crippen LogP contribution < -0.4 is 5.32 Å². The molecule has 4 nitrogen and oxygen atoms in total. The molecule has 106 valence electrons. The Bertz CT molecular complexity index is 424. The van der Waals surface area contributed by atoms with Crippen LogP contribution in [0.25, 0.3) is 0 Å². The predicted molar refractivity (Wildman–Crippen MR) is 77.8 cm³/mol. The summed E-state index contributed by atoms with van der Waals surface area (Å²) < 4.78 is 3.85. The average Bonchev–Trinajstić information content (AvgIpc) is 2.93. The number of nitrogens with zero attached hydrogens (tertiary/aromatic N) is 2. The van der Waals surface area contributed by atoms with E-state index in [2.05, 4.69) is 14.9 Å². The normalized spacial score (nSPS) is 23.3. The van der Waals surface area contributed by atoms with E-state index in [1.807, 2.05) is 6.92 Å². The molecule has 2 atom stereocenters. The molecule has 0 saturated heterocycles. The summed E-state index contributed by atoms with van der Waals surface area (Å²) in [6.45, 7) is 2.70. The van der Waals surface area contributed by atoms with Crippen molar-refractivity contribution in [3.05, 3.63) is 10.6 Å². The maximum absolute atomic E-state index is 12.1. The fraction of sp³-hybridized carbons (Fsp3) is 0.769. The molecular weight excluding hydrogens is 282 g/mol. The molecule has 1 aromatic heterocycles. The summed E-state index contributed by atoms with van der Waals surface area (Å²) >= 11 is 7.18. The highest BCUT2D eigenvalue weighted by molar-refractivity contribution is 7.08. The Kier molecular flexibility index (Phi) is 5.58. The smallest absolute Gasteiger partial charge is 0.264 e. The van der Waals surface area contributed by atoms with Crippen molar-refractivity contribution in [3.8, 4) is 0 Å². The molecule has 1 saturated carbocycles. The fourth-order valence-corrected chi connectivity index (χ4v) is 3.75. The van der Waals surface area contributed by atoms with Crippen LogP contribution in [0, 0.1) is 11.8 Å². The minimum atomic E-state index is -0.0363. The zero-order valence-electron chi connectivity index (χ0n) is 11.2. The van der Waals surface area contributed by atoms with E-state index < -0.39 is 0 Å². The molecule has 0 aliphatic heterocycles. The fourth-order valence-electron chi connectivity index (χ4n) is 2.67. The third kappa shape index (κ3) is 3.66. The van der Waals surface area contributed by atoms with E-state index in [0.29, 0.717) is 22.6 Å². The summed E-state index contributed by atoms with van der Waals surface area (Å²) in [4.78, 5) is 12.8. The Balaban J connectivity index is 1.89. The zero-order chi connectivity index (χ0) is 13.7. The maximum atomic E-state index is 12.1. The Morgan fingerprint density at radius 2 is 2.16 bits per heavy atom. The average molecular weight is 302 g/mol. The second kappa shape index (κ2) is 7.20. The minimum Gasteiger partial charge on any atom is -0.351 e. The Morgan fingerprint density at radius 3 is 2.84 bits per heavy atom. The van der Waals surface area contributed by atoms with Gasteiger partial charge in [-0.1, -0.05) is 24.3 Å². The number of aryl methyl sites for hydroxylation is 1. The summed E-state index contributed by atoms with van der Waals surface area (Å²) in [5, 5.41) is 6.99. The molecule has 1 heterocycles. The summed E-state index contributed by atoms with van der Waals surface area (Å²) in [7, 11) is 0. The molecule has 1 aliphatic carbocycles. The third-order valence-corrected chi connectivity index (χ3v) is 5.05. The number of nitrogens with one attached hydrogen (secondary N) is 1. The largest absolute Gasteiger partial charge is 0.351 e. The lowest BCUT2D eigenvalue weighted by atomic mass is 9.80. The van der Waals surface area contributed by atoms with Gasteiger partial charge in [0, 0.05) is 12.4 Å². The highest BCUT2D eigenvalue weighted by atomic mass is 35.5. The second-order valence-corrected chi connectivity index (χ2v) is 6.13. The first-order chi connectivity index (χ1) is 9.26. The molecule has 6 heteroatoms. The van der Waals surface area contributed by atoms with Crippen LogP contribution in [0.3, 0.4) is 0 Å². The van der Waals surface area contributed by atoms with Crippen LogP contribution in [0.5, 0.6) is 0 Å². The van der Waals surface area contributed by atoms with Crippen molar-refractivity contribution in [3.63, 3.8) is 0 Å². The van der Waals surface area contributed by atoms with Gasteiger partial charge in [0.1, 0.15) is 4.88 Å². The molecule has 0 radical (unpaired) electrons. The summed E-state index contributed by atoms with van der Waals surface area (Å²) in [5.74, 6) is 1.72. The molecule has 1 N–H and O–H groups in total. The Morgan fingerprint density at radius 1 is 1.42 bits per heavy atom. The number of aromatic nitrogens is 2. The van der Waals surface area contributed by atoms with Crippen LogP contribution in [0.15, 0.2) is 0 Å². The van der Waals surface area contributed by atoms with Crippen LogP contribution in [0.4, 0.5) is 0 Å². The van der Waals surface area contributed by atoms with Crippen molar-refractivity contribution in [2.45, 2.75) is 39.0 Å². The van der Waals surface area contributed by atoms with Crippen molar-refractivity contribution in [1.29, 1.82) is 0 Å². The van der Waals surface area contributed by atoms with Gasteiger partial charge >= 0.3 is 0 Å². The standard InChI is InChI=1S/C13H20ClN3OS/c1-2-11-12(19-17-16-11)13(18)15-8-10-6-4-3-5-9(10)7-14/h9-10H,2-8H2,1H3,(H,15,18). The van der Waals surface area contributed by atoms with E-state index in [9.17, 15) is 4.79 Å². The van der Waals surface area contributed by atoms with Gasteiger partial charge in [0.15, 0.2) is 0 Å². The highest BCUT2D eigenvalue weighted by Crippen LogP contribution is 2.30. The number of hydrogen-bond acceptors (Lipinski definition) is 4. The molecule has 19 heavy (non-hydrogen) atoms. The number of hydrogen-bond donors (Lipinski definition) is 1. The van der Waals surface area contributed by atoms with E-state index in [-0.39, 0.29) is 5.91 Å². The first kappa shape index (κ1) is 14.7. The Labute approximate surface area is 123 Å². The quantitative estimate of drug-likeness (QED) is 0.851. The molecule has 2 rings (SSSR count). The third-order valence-electron chi connectivity index (χ3n) is 3.89. The van der Waals surface area contributed by atoms with Crippen LogP contribution in [-0.2, 0) is 6.42 Å².